The number of methoxy groups -OCH3 is 1. The molecule has 0 fully saturated rings. The lowest BCUT2D eigenvalue weighted by Crippen LogP contribution is -2.13. The maximum Gasteiger partial charge on any atom is 0.261 e. The van der Waals surface area contributed by atoms with Crippen LogP contribution >= 0.6 is 11.3 Å². The summed E-state index contributed by atoms with van der Waals surface area (Å²) in [6.45, 7) is 0. The van der Waals surface area contributed by atoms with Crippen molar-refractivity contribution in [3.8, 4) is 5.75 Å². The van der Waals surface area contributed by atoms with Crippen LogP contribution < -0.4 is 10.1 Å². The number of anilines is 1. The van der Waals surface area contributed by atoms with E-state index in [2.05, 4.69) is 10.3 Å². The highest BCUT2D eigenvalue weighted by Gasteiger charge is 2.17. The molecule has 1 amide bonds. The van der Waals surface area contributed by atoms with E-state index < -0.39 is 0 Å². The third-order valence-corrected chi connectivity index (χ3v) is 4.99. The molecule has 1 aromatic carbocycles. The van der Waals surface area contributed by atoms with E-state index in [9.17, 15) is 4.79 Å². The average Bonchev–Trinajstić information content (AvgIpc) is 2.88. The molecule has 2 aromatic rings. The van der Waals surface area contributed by atoms with Gasteiger partial charge in [0.2, 0.25) is 0 Å². The summed E-state index contributed by atoms with van der Waals surface area (Å²) in [6.07, 6.45) is 7.08. The molecule has 1 aliphatic rings. The van der Waals surface area contributed by atoms with Crippen LogP contribution in [0.5, 0.6) is 5.75 Å². The minimum atomic E-state index is -0.167. The molecule has 0 atom stereocenters. The fourth-order valence-corrected chi connectivity index (χ4v) is 3.80. The van der Waals surface area contributed by atoms with Crippen molar-refractivity contribution in [3.63, 3.8) is 0 Å². The van der Waals surface area contributed by atoms with Gasteiger partial charge in [-0.25, -0.2) is 4.98 Å². The standard InChI is InChI=1S/C17H20N2O2S/c1-21-14-10-7-6-8-12(14)16(20)19-17-18-13-9-4-2-3-5-11-15(13)22-17/h6-8,10H,2-5,9,11H2,1H3,(H,18,19,20). The number of benzene rings is 1. The summed E-state index contributed by atoms with van der Waals surface area (Å²) >= 11 is 1.61. The summed E-state index contributed by atoms with van der Waals surface area (Å²) in [4.78, 5) is 18.4. The van der Waals surface area contributed by atoms with Crippen LogP contribution in [0.1, 0.15) is 46.6 Å². The summed E-state index contributed by atoms with van der Waals surface area (Å²) in [5, 5.41) is 3.62. The van der Waals surface area contributed by atoms with Gasteiger partial charge in [0.15, 0.2) is 5.13 Å². The lowest BCUT2D eigenvalue weighted by Gasteiger charge is -2.07. The van der Waals surface area contributed by atoms with Crippen LogP contribution in [0.3, 0.4) is 0 Å². The summed E-state index contributed by atoms with van der Waals surface area (Å²) in [5.41, 5.74) is 1.70. The summed E-state index contributed by atoms with van der Waals surface area (Å²) in [5.74, 6) is 0.411. The van der Waals surface area contributed by atoms with Crippen molar-refractivity contribution in [2.75, 3.05) is 12.4 Å². The first kappa shape index (κ1) is 15.0. The van der Waals surface area contributed by atoms with Gasteiger partial charge < -0.3 is 4.74 Å². The molecule has 116 valence electrons. The smallest absolute Gasteiger partial charge is 0.261 e. The van der Waals surface area contributed by atoms with Crippen LogP contribution in [-0.2, 0) is 12.8 Å². The van der Waals surface area contributed by atoms with E-state index in [1.807, 2.05) is 12.1 Å². The first-order valence-corrected chi connectivity index (χ1v) is 8.52. The van der Waals surface area contributed by atoms with Gasteiger partial charge in [0.25, 0.3) is 5.91 Å². The van der Waals surface area contributed by atoms with Crippen LogP contribution in [0, 0.1) is 0 Å². The topological polar surface area (TPSA) is 51.2 Å². The van der Waals surface area contributed by atoms with Gasteiger partial charge in [-0.2, -0.15) is 0 Å². The van der Waals surface area contributed by atoms with E-state index in [0.29, 0.717) is 16.4 Å². The Morgan fingerprint density at radius 1 is 1.18 bits per heavy atom. The van der Waals surface area contributed by atoms with Crippen LogP contribution in [0.2, 0.25) is 0 Å². The SMILES string of the molecule is COc1ccccc1C(=O)Nc1nc2c(s1)CCCCCC2. The predicted molar refractivity (Wildman–Crippen MR) is 88.9 cm³/mol. The Morgan fingerprint density at radius 3 is 2.77 bits per heavy atom. The molecule has 0 saturated carbocycles. The third kappa shape index (κ3) is 3.30. The van der Waals surface area contributed by atoms with E-state index in [1.165, 1.54) is 36.3 Å². The maximum atomic E-state index is 12.4. The summed E-state index contributed by atoms with van der Waals surface area (Å²) < 4.78 is 5.24. The van der Waals surface area contributed by atoms with Gasteiger partial charge >= 0.3 is 0 Å². The molecule has 0 bridgehead atoms. The quantitative estimate of drug-likeness (QED) is 0.929. The van der Waals surface area contributed by atoms with Crippen LogP contribution in [0.4, 0.5) is 5.13 Å². The van der Waals surface area contributed by atoms with E-state index >= 15 is 0 Å². The Bertz CT molecular complexity index is 641. The second-order valence-electron chi connectivity index (χ2n) is 5.46. The largest absolute Gasteiger partial charge is 0.496 e. The molecule has 4 nitrogen and oxygen atoms in total. The maximum absolute atomic E-state index is 12.4. The molecule has 3 rings (SSSR count). The highest BCUT2D eigenvalue weighted by atomic mass is 32.1. The number of hydrogen-bond acceptors (Lipinski definition) is 4. The number of nitrogens with one attached hydrogen (secondary N) is 1. The molecular formula is C17H20N2O2S. The Labute approximate surface area is 134 Å². The second-order valence-corrected chi connectivity index (χ2v) is 6.54. The predicted octanol–water partition coefficient (Wildman–Crippen LogP) is 4.06. The van der Waals surface area contributed by atoms with E-state index in [1.54, 1.807) is 30.6 Å². The number of ether oxygens (including phenoxy) is 1. The molecular weight excluding hydrogens is 296 g/mol. The van der Waals surface area contributed by atoms with Gasteiger partial charge in [-0.3, -0.25) is 10.1 Å². The van der Waals surface area contributed by atoms with Crippen molar-refractivity contribution < 1.29 is 9.53 Å². The van der Waals surface area contributed by atoms with Crippen LogP contribution in [0.25, 0.3) is 0 Å². The average molecular weight is 316 g/mol. The molecule has 0 aliphatic heterocycles. The Balaban J connectivity index is 1.78. The van der Waals surface area contributed by atoms with Crippen LogP contribution in [-0.4, -0.2) is 18.0 Å². The minimum absolute atomic E-state index is 0.167. The first-order valence-electron chi connectivity index (χ1n) is 7.71. The summed E-state index contributed by atoms with van der Waals surface area (Å²) in [6, 6.07) is 7.23. The highest BCUT2D eigenvalue weighted by molar-refractivity contribution is 7.15. The monoisotopic (exact) mass is 316 g/mol. The Morgan fingerprint density at radius 2 is 1.95 bits per heavy atom. The van der Waals surface area contributed by atoms with Crippen LogP contribution in [0.15, 0.2) is 24.3 Å². The molecule has 1 heterocycles. The molecule has 0 spiro atoms. The number of thiazole rings is 1. The number of rotatable bonds is 3. The second kappa shape index (κ2) is 6.92. The number of aryl methyl sites for hydroxylation is 2. The normalized spacial score (nSPS) is 14.6. The van der Waals surface area contributed by atoms with E-state index in [0.717, 1.165) is 12.8 Å². The molecule has 0 saturated heterocycles. The minimum Gasteiger partial charge on any atom is -0.496 e. The van der Waals surface area contributed by atoms with Gasteiger partial charge in [-0.05, 0) is 37.8 Å². The zero-order valence-corrected chi connectivity index (χ0v) is 13.5. The van der Waals surface area contributed by atoms with Gasteiger partial charge in [0.05, 0.1) is 18.4 Å². The van der Waals surface area contributed by atoms with E-state index in [4.69, 9.17) is 4.74 Å². The number of amides is 1. The lowest BCUT2D eigenvalue weighted by atomic mass is 10.0. The Kier molecular flexibility index (Phi) is 4.73. The number of aromatic nitrogens is 1. The molecule has 22 heavy (non-hydrogen) atoms. The van der Waals surface area contributed by atoms with Crippen molar-refractivity contribution in [3.05, 3.63) is 40.4 Å². The van der Waals surface area contributed by atoms with Crippen molar-refractivity contribution in [2.24, 2.45) is 0 Å². The number of nitrogens with zero attached hydrogens (tertiary/aromatic N) is 1. The number of carbonyl (C=O) groups is 1. The number of para-hydroxylation sites is 1. The molecule has 0 unspecified atom stereocenters. The third-order valence-electron chi connectivity index (χ3n) is 3.92. The molecule has 1 aromatic heterocycles. The zero-order valence-electron chi connectivity index (χ0n) is 12.7. The number of fused-ring (bicyclic) bond motifs is 1. The molecule has 0 radical (unpaired) electrons. The van der Waals surface area contributed by atoms with Crippen molar-refractivity contribution in [1.82, 2.24) is 4.98 Å². The summed E-state index contributed by atoms with van der Waals surface area (Å²) in [7, 11) is 1.57. The Hall–Kier alpha value is -1.88. The molecule has 1 N–H and O–H groups in total. The fraction of sp³-hybridized carbons (Fsp3) is 0.412. The van der Waals surface area contributed by atoms with E-state index in [-0.39, 0.29) is 5.91 Å². The number of hydrogen-bond donors (Lipinski definition) is 1. The highest BCUT2D eigenvalue weighted by Crippen LogP contribution is 2.29. The van der Waals surface area contributed by atoms with Crippen molar-refractivity contribution in [2.45, 2.75) is 38.5 Å². The zero-order chi connectivity index (χ0) is 15.4. The van der Waals surface area contributed by atoms with Crippen molar-refractivity contribution >= 4 is 22.4 Å². The van der Waals surface area contributed by atoms with Gasteiger partial charge in [0, 0.05) is 4.88 Å². The lowest BCUT2D eigenvalue weighted by molar-refractivity contribution is 0.102. The van der Waals surface area contributed by atoms with Gasteiger partial charge in [-0.15, -0.1) is 11.3 Å². The molecule has 1 aliphatic carbocycles. The van der Waals surface area contributed by atoms with Gasteiger partial charge in [-0.1, -0.05) is 25.0 Å². The first-order chi connectivity index (χ1) is 10.8. The van der Waals surface area contributed by atoms with Crippen molar-refractivity contribution in [1.29, 1.82) is 0 Å². The van der Waals surface area contributed by atoms with Gasteiger partial charge in [0.1, 0.15) is 5.75 Å². The fourth-order valence-electron chi connectivity index (χ4n) is 2.76. The number of carbonyl (C=O) groups excluding carboxylic acids is 1. The molecule has 5 heteroatoms.